The van der Waals surface area contributed by atoms with Crippen molar-refractivity contribution in [3.63, 3.8) is 0 Å². The van der Waals surface area contributed by atoms with Crippen LogP contribution >= 0.6 is 0 Å². The molecule has 0 saturated carbocycles. The zero-order valence-electron chi connectivity index (χ0n) is 19.6. The predicted molar refractivity (Wildman–Crippen MR) is 129 cm³/mol. The van der Waals surface area contributed by atoms with Crippen molar-refractivity contribution in [3.05, 3.63) is 77.3 Å². The number of benzene rings is 1. The molecule has 6 rings (SSSR count). The Morgan fingerprint density at radius 2 is 2.03 bits per heavy atom. The van der Waals surface area contributed by atoms with Crippen molar-refractivity contribution >= 4 is 28.8 Å². The molecule has 0 bridgehead atoms. The van der Waals surface area contributed by atoms with Gasteiger partial charge in [0.15, 0.2) is 5.58 Å². The summed E-state index contributed by atoms with van der Waals surface area (Å²) in [6.45, 7) is 0.266. The van der Waals surface area contributed by atoms with Crippen LogP contribution in [0.5, 0.6) is 5.75 Å². The number of fused-ring (bicyclic) bond motifs is 2. The van der Waals surface area contributed by atoms with Crippen LogP contribution < -0.4 is 10.1 Å². The number of amides is 3. The lowest BCUT2D eigenvalue weighted by Crippen LogP contribution is -2.46. The first-order valence-corrected chi connectivity index (χ1v) is 11.5. The average molecular weight is 493 g/mol. The van der Waals surface area contributed by atoms with Gasteiger partial charge < -0.3 is 14.1 Å². The third-order valence-corrected chi connectivity index (χ3v) is 6.83. The molecule has 0 spiro atoms. The second-order valence-electron chi connectivity index (χ2n) is 9.05. The Balaban J connectivity index is 1.37. The highest BCUT2D eigenvalue weighted by atomic mass is 16.5. The summed E-state index contributed by atoms with van der Waals surface area (Å²) in [5.41, 5.74) is 2.47. The molecule has 3 aromatic heterocycles. The van der Waals surface area contributed by atoms with Crippen LogP contribution in [0.1, 0.15) is 33.8 Å². The number of pyridine rings is 2. The van der Waals surface area contributed by atoms with Crippen molar-refractivity contribution in [2.24, 2.45) is 0 Å². The number of aromatic nitrogens is 2. The van der Waals surface area contributed by atoms with Gasteiger partial charge in [-0.2, -0.15) is 5.26 Å². The van der Waals surface area contributed by atoms with E-state index < -0.39 is 17.2 Å². The van der Waals surface area contributed by atoms with Gasteiger partial charge in [-0.15, -0.1) is 0 Å². The molecule has 10 heteroatoms. The summed E-state index contributed by atoms with van der Waals surface area (Å²) in [5.74, 6) is -0.378. The quantitative estimate of drug-likeness (QED) is 0.419. The molecule has 1 fully saturated rings. The molecule has 0 radical (unpaired) electrons. The Morgan fingerprint density at radius 3 is 2.73 bits per heavy atom. The summed E-state index contributed by atoms with van der Waals surface area (Å²) >= 11 is 0. The zero-order valence-corrected chi connectivity index (χ0v) is 19.6. The van der Waals surface area contributed by atoms with Crippen molar-refractivity contribution in [2.75, 3.05) is 13.7 Å². The molecule has 4 aromatic rings. The standard InChI is InChI=1S/C27H19N5O5/c1-36-18-5-3-16-13-32(25(34)19(16)8-18)14-27(10-24(33)31-26(27)35)23-9-21-22(37-23)7-6-20(30-21)15-2-4-17(11-28)29-12-15/h2-9,12H,10,13-14H2,1H3,(H,31,33,35)/t27-/m1/s1. The Bertz CT molecular complexity index is 1650. The van der Waals surface area contributed by atoms with E-state index in [0.29, 0.717) is 45.9 Å². The highest BCUT2D eigenvalue weighted by molar-refractivity contribution is 6.10. The molecule has 1 aromatic carbocycles. The van der Waals surface area contributed by atoms with E-state index in [0.717, 1.165) is 5.56 Å². The fraction of sp³-hybridized carbons (Fsp3) is 0.185. The third-order valence-electron chi connectivity index (χ3n) is 6.83. The van der Waals surface area contributed by atoms with Gasteiger partial charge in [-0.1, -0.05) is 6.07 Å². The monoisotopic (exact) mass is 493 g/mol. The number of hydrogen-bond acceptors (Lipinski definition) is 8. The minimum absolute atomic E-state index is 0.0351. The Morgan fingerprint density at radius 1 is 1.16 bits per heavy atom. The summed E-state index contributed by atoms with van der Waals surface area (Å²) in [7, 11) is 1.53. The first-order chi connectivity index (χ1) is 17.9. The van der Waals surface area contributed by atoms with Gasteiger partial charge in [0.1, 0.15) is 34.2 Å². The molecule has 0 aliphatic carbocycles. The normalized spacial score (nSPS) is 18.7. The molecule has 182 valence electrons. The molecular formula is C27H19N5O5. The molecule has 2 aliphatic rings. The van der Waals surface area contributed by atoms with Crippen LogP contribution in [0.4, 0.5) is 0 Å². The van der Waals surface area contributed by atoms with E-state index in [9.17, 15) is 14.4 Å². The van der Waals surface area contributed by atoms with Crippen LogP contribution in [-0.2, 0) is 21.5 Å². The Labute approximate surface area is 210 Å². The lowest BCUT2D eigenvalue weighted by atomic mass is 9.82. The minimum Gasteiger partial charge on any atom is -0.497 e. The highest BCUT2D eigenvalue weighted by Crippen LogP contribution is 2.39. The molecule has 5 heterocycles. The summed E-state index contributed by atoms with van der Waals surface area (Å²) < 4.78 is 11.3. The average Bonchev–Trinajstić information content (AvgIpc) is 3.57. The van der Waals surface area contributed by atoms with Crippen LogP contribution in [0, 0.1) is 11.3 Å². The van der Waals surface area contributed by atoms with Crippen molar-refractivity contribution in [1.82, 2.24) is 20.2 Å². The smallest absolute Gasteiger partial charge is 0.254 e. The van der Waals surface area contributed by atoms with Crippen LogP contribution in [0.25, 0.3) is 22.4 Å². The zero-order chi connectivity index (χ0) is 25.7. The number of carbonyl (C=O) groups excluding carboxylic acids is 3. The second-order valence-corrected chi connectivity index (χ2v) is 9.05. The number of furan rings is 1. The number of carbonyl (C=O) groups is 3. The van der Waals surface area contributed by atoms with Gasteiger partial charge in [0.05, 0.1) is 19.2 Å². The molecule has 1 saturated heterocycles. The van der Waals surface area contributed by atoms with Crippen molar-refractivity contribution < 1.29 is 23.5 Å². The number of nitriles is 1. The molecule has 3 amide bonds. The van der Waals surface area contributed by atoms with Crippen LogP contribution in [0.15, 0.2) is 59.1 Å². The molecule has 2 aliphatic heterocycles. The van der Waals surface area contributed by atoms with Crippen LogP contribution in [-0.4, -0.2) is 46.2 Å². The van der Waals surface area contributed by atoms with E-state index in [1.807, 2.05) is 12.1 Å². The van der Waals surface area contributed by atoms with Gasteiger partial charge >= 0.3 is 0 Å². The largest absolute Gasteiger partial charge is 0.497 e. The van der Waals surface area contributed by atoms with E-state index in [1.165, 1.54) is 7.11 Å². The summed E-state index contributed by atoms with van der Waals surface area (Å²) in [6.07, 6.45) is 1.41. The number of imide groups is 1. The maximum absolute atomic E-state index is 13.2. The first-order valence-electron chi connectivity index (χ1n) is 11.5. The lowest BCUT2D eigenvalue weighted by molar-refractivity contribution is -0.127. The fourth-order valence-electron chi connectivity index (χ4n) is 4.90. The SMILES string of the molecule is COc1ccc2c(c1)C(=O)N(C[C@@]1(c3cc4nc(-c5ccc(C#N)nc5)ccc4o3)CC(=O)NC1=O)C2. The molecular weight excluding hydrogens is 474 g/mol. The summed E-state index contributed by atoms with van der Waals surface area (Å²) in [4.78, 5) is 49.1. The summed E-state index contributed by atoms with van der Waals surface area (Å²) in [5, 5.41) is 11.4. The molecule has 1 atom stereocenters. The van der Waals surface area contributed by atoms with Gasteiger partial charge in [-0.05, 0) is 42.0 Å². The van der Waals surface area contributed by atoms with Crippen LogP contribution in [0.2, 0.25) is 0 Å². The van der Waals surface area contributed by atoms with Gasteiger partial charge in [0.25, 0.3) is 5.91 Å². The number of ether oxygens (including phenoxy) is 1. The maximum Gasteiger partial charge on any atom is 0.254 e. The van der Waals surface area contributed by atoms with Crippen LogP contribution in [0.3, 0.4) is 0 Å². The fourth-order valence-corrected chi connectivity index (χ4v) is 4.90. The number of rotatable bonds is 5. The van der Waals surface area contributed by atoms with Gasteiger partial charge in [-0.25, -0.2) is 9.97 Å². The Kier molecular flexibility index (Phi) is 5.01. The topological polar surface area (TPSA) is 138 Å². The number of methoxy groups -OCH3 is 1. The minimum atomic E-state index is -1.39. The third kappa shape index (κ3) is 3.60. The molecule has 37 heavy (non-hydrogen) atoms. The highest BCUT2D eigenvalue weighted by Gasteiger charge is 2.53. The number of hydrogen-bond donors (Lipinski definition) is 1. The van der Waals surface area contributed by atoms with Gasteiger partial charge in [0.2, 0.25) is 11.8 Å². The Hall–Kier alpha value is -5.04. The van der Waals surface area contributed by atoms with Gasteiger partial charge in [0, 0.05) is 36.5 Å². The van der Waals surface area contributed by atoms with E-state index in [4.69, 9.17) is 14.4 Å². The number of nitrogens with one attached hydrogen (secondary N) is 1. The first kappa shape index (κ1) is 22.4. The van der Waals surface area contributed by atoms with E-state index in [2.05, 4.69) is 15.3 Å². The van der Waals surface area contributed by atoms with E-state index in [-0.39, 0.29) is 24.6 Å². The van der Waals surface area contributed by atoms with Crippen molar-refractivity contribution in [1.29, 1.82) is 5.26 Å². The van der Waals surface area contributed by atoms with E-state index in [1.54, 1.807) is 53.6 Å². The lowest BCUT2D eigenvalue weighted by Gasteiger charge is -2.28. The summed E-state index contributed by atoms with van der Waals surface area (Å²) in [6, 6.07) is 15.7. The number of nitrogens with zero attached hydrogens (tertiary/aromatic N) is 4. The molecule has 1 N–H and O–H groups in total. The molecule has 10 nitrogen and oxygen atoms in total. The van der Waals surface area contributed by atoms with E-state index >= 15 is 0 Å². The molecule has 0 unspecified atom stereocenters. The predicted octanol–water partition coefficient (Wildman–Crippen LogP) is 2.71. The second kappa shape index (κ2) is 8.27. The van der Waals surface area contributed by atoms with Gasteiger partial charge in [-0.3, -0.25) is 19.7 Å². The van der Waals surface area contributed by atoms with Crippen molar-refractivity contribution in [3.8, 4) is 23.1 Å². The maximum atomic E-state index is 13.2. The van der Waals surface area contributed by atoms with Crippen molar-refractivity contribution in [2.45, 2.75) is 18.4 Å².